The van der Waals surface area contributed by atoms with Gasteiger partial charge in [0.25, 0.3) is 0 Å². The number of hydrogen-bond donors (Lipinski definition) is 0. The average molecular weight is 427 g/mol. The Morgan fingerprint density at radius 3 is 2.04 bits per heavy atom. The van der Waals surface area contributed by atoms with E-state index in [-0.39, 0.29) is 21.5 Å². The summed E-state index contributed by atoms with van der Waals surface area (Å²) in [6.45, 7) is 0. The minimum atomic E-state index is -0.362. The molecule has 23 heavy (non-hydrogen) atoms. The van der Waals surface area contributed by atoms with Crippen molar-refractivity contribution in [3.8, 4) is 0 Å². The number of para-hydroxylation sites is 3. The van der Waals surface area contributed by atoms with Crippen molar-refractivity contribution in [3.05, 3.63) is 75.8 Å². The Morgan fingerprint density at radius 1 is 0.739 bits per heavy atom. The van der Waals surface area contributed by atoms with Crippen molar-refractivity contribution in [2.45, 2.75) is 0 Å². The van der Waals surface area contributed by atoms with Crippen LogP contribution in [0, 0.1) is 3.01 Å². The van der Waals surface area contributed by atoms with Gasteiger partial charge in [0.2, 0.25) is 0 Å². The van der Waals surface area contributed by atoms with Gasteiger partial charge in [-0.25, -0.2) is 0 Å². The zero-order valence-electron chi connectivity index (χ0n) is 12.1. The van der Waals surface area contributed by atoms with E-state index in [0.717, 1.165) is 5.52 Å². The second kappa shape index (κ2) is 5.32. The topological polar surface area (TPSA) is 17.8 Å². The first-order valence-electron chi connectivity index (χ1n) is 7.39. The van der Waals surface area contributed by atoms with Gasteiger partial charge in [-0.1, -0.05) is 0 Å². The molecule has 0 aliphatic carbocycles. The number of hydrogen-bond acceptors (Lipinski definition) is 2. The van der Waals surface area contributed by atoms with Gasteiger partial charge >= 0.3 is 148 Å². The van der Waals surface area contributed by atoms with E-state index in [0.29, 0.717) is 0 Å². The van der Waals surface area contributed by atoms with Gasteiger partial charge in [-0.15, -0.1) is 0 Å². The molecule has 112 valence electrons. The summed E-state index contributed by atoms with van der Waals surface area (Å²) in [5.41, 5.74) is 3.76. The molecular formula is C19H12IN2S-. The Labute approximate surface area is 148 Å². The fourth-order valence-corrected chi connectivity index (χ4v) is 7.25. The first-order chi connectivity index (χ1) is 11.4. The number of aromatic nitrogens is 2. The van der Waals surface area contributed by atoms with Crippen LogP contribution in [0.25, 0.3) is 32.0 Å². The van der Waals surface area contributed by atoms with Crippen molar-refractivity contribution < 1.29 is 21.5 Å². The van der Waals surface area contributed by atoms with E-state index in [1.807, 2.05) is 11.3 Å². The zero-order chi connectivity index (χ0) is 15.2. The summed E-state index contributed by atoms with van der Waals surface area (Å²) in [5, 5.41) is 2.67. The van der Waals surface area contributed by atoms with Gasteiger partial charge in [-0.2, -0.15) is 0 Å². The molecule has 3 aromatic carbocycles. The molecule has 0 aliphatic heterocycles. The molecule has 0 atom stereocenters. The Kier molecular flexibility index (Phi) is 3.12. The number of nitrogens with zero attached hydrogens (tertiary/aromatic N) is 2. The van der Waals surface area contributed by atoms with Crippen molar-refractivity contribution in [2.75, 3.05) is 0 Å². The van der Waals surface area contributed by atoms with Crippen molar-refractivity contribution in [2.24, 2.45) is 0 Å². The quantitative estimate of drug-likeness (QED) is 0.395. The first kappa shape index (κ1) is 13.5. The van der Waals surface area contributed by atoms with E-state index in [2.05, 4.69) is 75.6 Å². The second-order valence-corrected chi connectivity index (χ2v) is 9.57. The van der Waals surface area contributed by atoms with E-state index in [1.54, 1.807) is 0 Å². The van der Waals surface area contributed by atoms with Gasteiger partial charge in [-0.3, -0.25) is 0 Å². The van der Waals surface area contributed by atoms with Gasteiger partial charge < -0.3 is 0 Å². The fourth-order valence-electron chi connectivity index (χ4n) is 2.92. The van der Waals surface area contributed by atoms with Crippen LogP contribution in [-0.4, -0.2) is 7.76 Å². The number of thiazole rings is 1. The molecule has 5 rings (SSSR count). The summed E-state index contributed by atoms with van der Waals surface area (Å²) >= 11 is 1.47. The Balaban J connectivity index is 1.74. The molecule has 0 unspecified atom stereocenters. The van der Waals surface area contributed by atoms with Crippen LogP contribution in [0.1, 0.15) is 0 Å². The van der Waals surface area contributed by atoms with Gasteiger partial charge in [0.1, 0.15) is 0 Å². The molecule has 0 fully saturated rings. The molecule has 0 radical (unpaired) electrons. The molecule has 5 aromatic rings. The number of halogens is 1. The van der Waals surface area contributed by atoms with Crippen molar-refractivity contribution in [1.82, 2.24) is 7.76 Å². The Hall–Kier alpha value is -1.92. The molecule has 2 nitrogen and oxygen atoms in total. The predicted octanol–water partition coefficient (Wildman–Crippen LogP) is 2.13. The van der Waals surface area contributed by atoms with Crippen LogP contribution in [0.3, 0.4) is 0 Å². The van der Waals surface area contributed by atoms with Crippen molar-refractivity contribution in [3.63, 3.8) is 0 Å². The normalized spacial score (nSPS) is 11.8. The third-order valence-electron chi connectivity index (χ3n) is 3.95. The van der Waals surface area contributed by atoms with Gasteiger partial charge in [0.15, 0.2) is 0 Å². The van der Waals surface area contributed by atoms with Crippen molar-refractivity contribution in [1.29, 1.82) is 0 Å². The monoisotopic (exact) mass is 427 g/mol. The number of rotatable bonds is 2. The first-order valence-corrected chi connectivity index (χ1v) is 10.3. The molecule has 4 heteroatoms. The Morgan fingerprint density at radius 2 is 1.35 bits per heavy atom. The van der Waals surface area contributed by atoms with Crippen LogP contribution < -0.4 is 21.5 Å². The standard InChI is InChI=1S/C19H12IN2S/c1-4-10-16-13(7-1)14-8-2-5-11-17(14)22(16)20-19-21-15-9-3-6-12-18(15)23-19/h1-12H/q-1. The SMILES string of the molecule is c1ccc2sc([I-]n3c4ccccc4c4ccccc43)nc2c1. The van der Waals surface area contributed by atoms with E-state index in [9.17, 15) is 0 Å². The van der Waals surface area contributed by atoms with E-state index in [4.69, 9.17) is 4.98 Å². The maximum absolute atomic E-state index is 4.85. The fraction of sp³-hybridized carbons (Fsp3) is 0. The maximum atomic E-state index is 4.85. The summed E-state index contributed by atoms with van der Waals surface area (Å²) in [4.78, 5) is 4.85. The molecular weight excluding hydrogens is 415 g/mol. The van der Waals surface area contributed by atoms with Gasteiger partial charge in [0.05, 0.1) is 0 Å². The number of fused-ring (bicyclic) bond motifs is 4. The minimum absolute atomic E-state index is 0.362. The summed E-state index contributed by atoms with van der Waals surface area (Å²) in [6, 6.07) is 25.8. The second-order valence-electron chi connectivity index (χ2n) is 5.33. The number of benzene rings is 3. The molecule has 0 aliphatic rings. The van der Waals surface area contributed by atoms with E-state index in [1.165, 1.54) is 29.5 Å². The van der Waals surface area contributed by atoms with Crippen LogP contribution in [0.15, 0.2) is 72.8 Å². The zero-order valence-corrected chi connectivity index (χ0v) is 15.1. The molecule has 0 saturated heterocycles. The summed E-state index contributed by atoms with van der Waals surface area (Å²) < 4.78 is 5.03. The van der Waals surface area contributed by atoms with Crippen LogP contribution in [0.5, 0.6) is 0 Å². The molecule has 0 saturated carbocycles. The van der Waals surface area contributed by atoms with E-state index >= 15 is 0 Å². The molecule has 2 aromatic heterocycles. The molecule has 0 spiro atoms. The van der Waals surface area contributed by atoms with Crippen LogP contribution in [-0.2, 0) is 0 Å². The van der Waals surface area contributed by atoms with Crippen molar-refractivity contribution >= 4 is 43.4 Å². The van der Waals surface area contributed by atoms with E-state index < -0.39 is 0 Å². The Bertz CT molecular complexity index is 1070. The summed E-state index contributed by atoms with van der Waals surface area (Å²) in [5.74, 6) is 0. The van der Waals surface area contributed by atoms with Gasteiger partial charge in [0, 0.05) is 0 Å². The molecule has 0 bridgehead atoms. The summed E-state index contributed by atoms with van der Waals surface area (Å²) in [6.07, 6.45) is 0. The van der Waals surface area contributed by atoms with Crippen LogP contribution in [0.2, 0.25) is 0 Å². The predicted molar refractivity (Wildman–Crippen MR) is 93.2 cm³/mol. The molecule has 0 N–H and O–H groups in total. The third-order valence-corrected chi connectivity index (χ3v) is 8.07. The third kappa shape index (κ3) is 2.16. The summed E-state index contributed by atoms with van der Waals surface area (Å²) in [7, 11) is 0. The molecule has 0 amide bonds. The van der Waals surface area contributed by atoms with Gasteiger partial charge in [-0.05, 0) is 0 Å². The molecule has 2 heterocycles. The average Bonchev–Trinajstić information content (AvgIpc) is 3.15. The van der Waals surface area contributed by atoms with Crippen LogP contribution in [0.4, 0.5) is 0 Å². The van der Waals surface area contributed by atoms with Crippen LogP contribution >= 0.6 is 11.3 Å².